The molecule has 110 valence electrons. The van der Waals surface area contributed by atoms with E-state index in [1.807, 2.05) is 9.80 Å². The minimum absolute atomic E-state index is 0.979. The Morgan fingerprint density at radius 2 is 1.32 bits per heavy atom. The highest BCUT2D eigenvalue weighted by atomic mass is 15.2. The molecule has 0 aromatic heterocycles. The van der Waals surface area contributed by atoms with Crippen molar-refractivity contribution in [2.24, 2.45) is 5.92 Å². The molecule has 2 nitrogen and oxygen atoms in total. The minimum Gasteiger partial charge on any atom is -0.332 e. The fraction of sp³-hybridized carbons (Fsp3) is 1.00. The summed E-state index contributed by atoms with van der Waals surface area (Å²) in [6, 6.07) is 2.04. The molecule has 2 N–H and O–H groups in total. The molecule has 2 heterocycles. The van der Waals surface area contributed by atoms with Gasteiger partial charge in [-0.15, -0.1) is 0 Å². The Labute approximate surface area is 119 Å². The average Bonchev–Trinajstić information content (AvgIpc) is 2.48. The van der Waals surface area contributed by atoms with E-state index >= 15 is 0 Å². The van der Waals surface area contributed by atoms with Gasteiger partial charge in [0.1, 0.15) is 0 Å². The summed E-state index contributed by atoms with van der Waals surface area (Å²) in [5.74, 6) is 0.979. The molecule has 2 aliphatic heterocycles. The van der Waals surface area contributed by atoms with Crippen LogP contribution in [-0.2, 0) is 0 Å². The molecule has 1 saturated carbocycles. The number of nitrogens with one attached hydrogen (secondary N) is 2. The van der Waals surface area contributed by atoms with E-state index in [9.17, 15) is 0 Å². The molecule has 0 bridgehead atoms. The normalized spacial score (nSPS) is 42.2. The lowest BCUT2D eigenvalue weighted by Gasteiger charge is -2.40. The van der Waals surface area contributed by atoms with Crippen molar-refractivity contribution in [2.45, 2.75) is 76.8 Å². The molecule has 0 aromatic rings. The van der Waals surface area contributed by atoms with Crippen LogP contribution < -0.4 is 9.80 Å². The molecular formula is C17H34N2+2. The maximum absolute atomic E-state index is 2.46. The molecule has 3 aliphatic rings. The highest BCUT2D eigenvalue weighted by Crippen LogP contribution is 2.16. The van der Waals surface area contributed by atoms with Crippen LogP contribution >= 0.6 is 0 Å². The summed E-state index contributed by atoms with van der Waals surface area (Å²) in [4.78, 5) is 3.93. The second kappa shape index (κ2) is 6.58. The number of likely N-dealkylation sites (tertiary alicyclic amines) is 2. The topological polar surface area (TPSA) is 8.88 Å². The number of quaternary nitrogens is 2. The van der Waals surface area contributed by atoms with Crippen LogP contribution in [0.1, 0.15) is 64.7 Å². The Kier molecular flexibility index (Phi) is 4.81. The summed E-state index contributed by atoms with van der Waals surface area (Å²) >= 11 is 0. The number of hydrogen-bond acceptors (Lipinski definition) is 0. The van der Waals surface area contributed by atoms with E-state index in [2.05, 4.69) is 6.92 Å². The smallest absolute Gasteiger partial charge is 0.0983 e. The summed E-state index contributed by atoms with van der Waals surface area (Å²) in [6.07, 6.45) is 13.5. The number of piperidine rings is 2. The van der Waals surface area contributed by atoms with E-state index in [0.29, 0.717) is 0 Å². The molecule has 0 radical (unpaired) electrons. The maximum atomic E-state index is 2.46. The lowest BCUT2D eigenvalue weighted by atomic mass is 9.91. The molecule has 2 atom stereocenters. The first-order valence-corrected chi connectivity index (χ1v) is 9.02. The molecule has 3 rings (SSSR count). The third-order valence-electron chi connectivity index (χ3n) is 6.19. The van der Waals surface area contributed by atoms with Crippen LogP contribution in [0, 0.1) is 5.92 Å². The van der Waals surface area contributed by atoms with Gasteiger partial charge in [-0.2, -0.15) is 0 Å². The van der Waals surface area contributed by atoms with Crippen molar-refractivity contribution in [3.05, 3.63) is 0 Å². The summed E-state index contributed by atoms with van der Waals surface area (Å²) in [7, 11) is 0. The second-order valence-electron chi connectivity index (χ2n) is 7.63. The van der Waals surface area contributed by atoms with Crippen LogP contribution in [-0.4, -0.2) is 38.3 Å². The zero-order valence-electron chi connectivity index (χ0n) is 12.9. The van der Waals surface area contributed by atoms with Gasteiger partial charge in [-0.1, -0.05) is 13.3 Å². The Hall–Kier alpha value is -0.0800. The van der Waals surface area contributed by atoms with Gasteiger partial charge in [0.2, 0.25) is 0 Å². The summed E-state index contributed by atoms with van der Waals surface area (Å²) < 4.78 is 0. The van der Waals surface area contributed by atoms with Crippen molar-refractivity contribution < 1.29 is 9.80 Å². The first-order chi connectivity index (χ1) is 9.33. The van der Waals surface area contributed by atoms with E-state index < -0.39 is 0 Å². The predicted octanol–water partition coefficient (Wildman–Crippen LogP) is 0.681. The van der Waals surface area contributed by atoms with Gasteiger partial charge in [-0.05, 0) is 38.5 Å². The van der Waals surface area contributed by atoms with E-state index in [4.69, 9.17) is 0 Å². The molecule has 2 saturated heterocycles. The molecule has 3 fully saturated rings. The molecule has 19 heavy (non-hydrogen) atoms. The summed E-state index contributed by atoms with van der Waals surface area (Å²) in [5.41, 5.74) is 0. The first-order valence-electron chi connectivity index (χ1n) is 9.02. The Morgan fingerprint density at radius 1 is 0.632 bits per heavy atom. The standard InChI is InChI=1S/C17H32N2/c1-15-6-5-11-19(14-15)17-9-12-18(13-10-17)16-7-3-2-4-8-16/h15-17H,2-14H2,1H3/p+2/t15-/m0/s1. The largest absolute Gasteiger partial charge is 0.332 e. The SMILES string of the molecule is C[C@H]1CCC[NH+](C2CC[NH+](C3CCCCC3)CC2)C1. The van der Waals surface area contributed by atoms with Crippen molar-refractivity contribution in [3.8, 4) is 0 Å². The van der Waals surface area contributed by atoms with Gasteiger partial charge in [0.15, 0.2) is 0 Å². The molecule has 0 aromatic carbocycles. The Bertz CT molecular complexity index is 264. The maximum Gasteiger partial charge on any atom is 0.0983 e. The van der Waals surface area contributed by atoms with Gasteiger partial charge in [0.05, 0.1) is 38.3 Å². The lowest BCUT2D eigenvalue weighted by Crippen LogP contribution is -3.22. The van der Waals surface area contributed by atoms with Gasteiger partial charge in [0.25, 0.3) is 0 Å². The minimum atomic E-state index is 0.979. The summed E-state index contributed by atoms with van der Waals surface area (Å²) in [5, 5.41) is 0. The van der Waals surface area contributed by atoms with Crippen molar-refractivity contribution in [3.63, 3.8) is 0 Å². The predicted molar refractivity (Wildman–Crippen MR) is 79.7 cm³/mol. The van der Waals surface area contributed by atoms with Crippen LogP contribution in [0.2, 0.25) is 0 Å². The van der Waals surface area contributed by atoms with E-state index in [1.54, 1.807) is 0 Å². The van der Waals surface area contributed by atoms with Crippen LogP contribution in [0.3, 0.4) is 0 Å². The number of hydrogen-bond donors (Lipinski definition) is 2. The van der Waals surface area contributed by atoms with Crippen LogP contribution in [0.4, 0.5) is 0 Å². The van der Waals surface area contributed by atoms with Gasteiger partial charge in [-0.25, -0.2) is 0 Å². The van der Waals surface area contributed by atoms with E-state index in [0.717, 1.165) is 18.0 Å². The Balaban J connectivity index is 1.46. The van der Waals surface area contributed by atoms with Gasteiger partial charge >= 0.3 is 0 Å². The quantitative estimate of drug-likeness (QED) is 0.727. The Morgan fingerprint density at radius 3 is 2.00 bits per heavy atom. The third-order valence-corrected chi connectivity index (χ3v) is 6.19. The average molecular weight is 266 g/mol. The van der Waals surface area contributed by atoms with Gasteiger partial charge in [0, 0.05) is 18.8 Å². The second-order valence-corrected chi connectivity index (χ2v) is 7.63. The lowest BCUT2D eigenvalue weighted by molar-refractivity contribution is -0.972. The fourth-order valence-corrected chi connectivity index (χ4v) is 5.02. The first kappa shape index (κ1) is 13.9. The molecule has 1 aliphatic carbocycles. The van der Waals surface area contributed by atoms with E-state index in [-0.39, 0.29) is 0 Å². The van der Waals surface area contributed by atoms with Gasteiger partial charge < -0.3 is 9.80 Å². The van der Waals surface area contributed by atoms with Crippen molar-refractivity contribution in [1.82, 2.24) is 0 Å². The van der Waals surface area contributed by atoms with Crippen LogP contribution in [0.5, 0.6) is 0 Å². The third kappa shape index (κ3) is 3.52. The molecule has 1 unspecified atom stereocenters. The highest BCUT2D eigenvalue weighted by molar-refractivity contribution is 4.69. The monoisotopic (exact) mass is 266 g/mol. The molecule has 0 spiro atoms. The van der Waals surface area contributed by atoms with Crippen LogP contribution in [0.25, 0.3) is 0 Å². The van der Waals surface area contributed by atoms with Crippen molar-refractivity contribution in [2.75, 3.05) is 26.2 Å². The molecule has 0 amide bonds. The van der Waals surface area contributed by atoms with Crippen molar-refractivity contribution >= 4 is 0 Å². The molecular weight excluding hydrogens is 232 g/mol. The molecule has 2 heteroatoms. The highest BCUT2D eigenvalue weighted by Gasteiger charge is 2.35. The van der Waals surface area contributed by atoms with Crippen molar-refractivity contribution in [1.29, 1.82) is 0 Å². The van der Waals surface area contributed by atoms with E-state index in [1.165, 1.54) is 84.0 Å². The zero-order chi connectivity index (χ0) is 13.1. The zero-order valence-corrected chi connectivity index (χ0v) is 12.9. The number of rotatable bonds is 2. The van der Waals surface area contributed by atoms with Crippen LogP contribution in [0.15, 0.2) is 0 Å². The summed E-state index contributed by atoms with van der Waals surface area (Å²) in [6.45, 7) is 8.35. The van der Waals surface area contributed by atoms with Gasteiger partial charge in [-0.3, -0.25) is 0 Å². The fourth-order valence-electron chi connectivity index (χ4n) is 5.02.